The summed E-state index contributed by atoms with van der Waals surface area (Å²) in [6.45, 7) is 6.21. The van der Waals surface area contributed by atoms with Crippen LogP contribution in [0.1, 0.15) is 5.69 Å². The second-order valence-corrected chi connectivity index (χ2v) is 8.40. The molecule has 0 unspecified atom stereocenters. The van der Waals surface area contributed by atoms with E-state index in [9.17, 15) is 4.39 Å². The summed E-state index contributed by atoms with van der Waals surface area (Å²) in [6, 6.07) is 14.5. The first kappa shape index (κ1) is 17.5. The third-order valence-electron chi connectivity index (χ3n) is 6.11. The molecule has 5 heterocycles. The van der Waals surface area contributed by atoms with E-state index in [0.29, 0.717) is 5.41 Å². The topological polar surface area (TPSA) is 58.9 Å². The average molecular weight is 400 g/mol. The highest BCUT2D eigenvalue weighted by Gasteiger charge is 2.48. The summed E-state index contributed by atoms with van der Waals surface area (Å²) in [5, 5.41) is 3.37. The molecule has 1 aromatic carbocycles. The molecular formula is C23H21FN6. The van der Waals surface area contributed by atoms with Gasteiger partial charge in [-0.1, -0.05) is 0 Å². The molecule has 2 aliphatic rings. The number of aromatic nitrogens is 4. The van der Waals surface area contributed by atoms with Gasteiger partial charge >= 0.3 is 0 Å². The van der Waals surface area contributed by atoms with Crippen LogP contribution in [0.3, 0.4) is 0 Å². The normalized spacial score (nSPS) is 17.2. The van der Waals surface area contributed by atoms with E-state index >= 15 is 0 Å². The molecule has 0 radical (unpaired) electrons. The van der Waals surface area contributed by atoms with E-state index < -0.39 is 0 Å². The van der Waals surface area contributed by atoms with Crippen molar-refractivity contribution in [1.82, 2.24) is 24.8 Å². The van der Waals surface area contributed by atoms with Crippen LogP contribution in [-0.2, 0) is 0 Å². The van der Waals surface area contributed by atoms with Crippen molar-refractivity contribution >= 4 is 17.0 Å². The lowest BCUT2D eigenvalue weighted by molar-refractivity contribution is 0.120. The highest BCUT2D eigenvalue weighted by atomic mass is 19.1. The fourth-order valence-corrected chi connectivity index (χ4v) is 4.46. The van der Waals surface area contributed by atoms with Crippen molar-refractivity contribution in [1.29, 1.82) is 0 Å². The Morgan fingerprint density at radius 2 is 1.80 bits per heavy atom. The zero-order chi connectivity index (χ0) is 20.3. The Labute approximate surface area is 173 Å². The molecule has 6 nitrogen and oxygen atoms in total. The standard InChI is InChI=1S/C23H21FN6/c1-15-10-18(8-9-26-15)30-21(16-2-4-17(24)5-3-16)27-19-6-7-20(28-22(19)30)29-13-23(14-29)11-25-12-23/h2-10,25H,11-14H2,1H3. The van der Waals surface area contributed by atoms with Crippen LogP contribution in [0.25, 0.3) is 28.2 Å². The minimum Gasteiger partial charge on any atom is -0.355 e. The second kappa shape index (κ2) is 6.34. The first-order valence-electron chi connectivity index (χ1n) is 10.1. The first-order chi connectivity index (χ1) is 14.6. The fraction of sp³-hybridized carbons (Fsp3) is 0.261. The second-order valence-electron chi connectivity index (χ2n) is 8.40. The largest absolute Gasteiger partial charge is 0.355 e. The third-order valence-corrected chi connectivity index (χ3v) is 6.11. The van der Waals surface area contributed by atoms with Gasteiger partial charge in [0.25, 0.3) is 0 Å². The Morgan fingerprint density at radius 1 is 1.00 bits per heavy atom. The summed E-state index contributed by atoms with van der Waals surface area (Å²) in [7, 11) is 0. The number of nitrogens with one attached hydrogen (secondary N) is 1. The van der Waals surface area contributed by atoms with E-state index in [0.717, 1.165) is 65.9 Å². The van der Waals surface area contributed by atoms with Crippen LogP contribution in [-0.4, -0.2) is 45.7 Å². The molecule has 1 N–H and O–H groups in total. The van der Waals surface area contributed by atoms with Gasteiger partial charge in [-0.15, -0.1) is 0 Å². The molecule has 150 valence electrons. The predicted octanol–water partition coefficient (Wildman–Crippen LogP) is 3.34. The van der Waals surface area contributed by atoms with E-state index in [-0.39, 0.29) is 5.82 Å². The molecule has 6 rings (SSSR count). The van der Waals surface area contributed by atoms with Gasteiger partial charge in [0.1, 0.15) is 23.0 Å². The van der Waals surface area contributed by atoms with Crippen molar-refractivity contribution in [2.75, 3.05) is 31.1 Å². The highest BCUT2D eigenvalue weighted by molar-refractivity contribution is 5.81. The number of pyridine rings is 2. The van der Waals surface area contributed by atoms with Crippen LogP contribution >= 0.6 is 0 Å². The minimum atomic E-state index is -0.265. The highest BCUT2D eigenvalue weighted by Crippen LogP contribution is 2.37. The van der Waals surface area contributed by atoms with E-state index in [1.807, 2.05) is 35.8 Å². The monoisotopic (exact) mass is 400 g/mol. The lowest BCUT2D eigenvalue weighted by Gasteiger charge is -2.56. The van der Waals surface area contributed by atoms with Gasteiger partial charge in [0.05, 0.1) is 5.69 Å². The molecule has 30 heavy (non-hydrogen) atoms. The Kier molecular flexibility index (Phi) is 3.70. The van der Waals surface area contributed by atoms with Gasteiger partial charge in [0.2, 0.25) is 0 Å². The van der Waals surface area contributed by atoms with Gasteiger partial charge in [-0.3, -0.25) is 9.55 Å². The van der Waals surface area contributed by atoms with Gasteiger partial charge in [-0.2, -0.15) is 0 Å². The molecule has 0 saturated carbocycles. The van der Waals surface area contributed by atoms with Gasteiger partial charge in [0, 0.05) is 49.0 Å². The van der Waals surface area contributed by atoms with E-state index in [1.54, 1.807) is 18.3 Å². The molecule has 7 heteroatoms. The van der Waals surface area contributed by atoms with Crippen LogP contribution in [0.5, 0.6) is 0 Å². The van der Waals surface area contributed by atoms with Gasteiger partial charge < -0.3 is 10.2 Å². The number of nitrogens with zero attached hydrogens (tertiary/aromatic N) is 5. The molecule has 4 aromatic rings. The number of rotatable bonds is 3. The quantitative estimate of drug-likeness (QED) is 0.572. The molecular weight excluding hydrogens is 379 g/mol. The number of anilines is 1. The van der Waals surface area contributed by atoms with E-state index in [4.69, 9.17) is 9.97 Å². The Morgan fingerprint density at radius 3 is 2.50 bits per heavy atom. The van der Waals surface area contributed by atoms with Crippen LogP contribution < -0.4 is 10.2 Å². The SMILES string of the molecule is Cc1cc(-n2c(-c3ccc(F)cc3)nc3ccc(N4CC5(CNC5)C4)nc32)ccn1. The number of fused-ring (bicyclic) bond motifs is 1. The summed E-state index contributed by atoms with van der Waals surface area (Å²) in [6.07, 6.45) is 1.79. The molecule has 0 atom stereocenters. The number of hydrogen-bond acceptors (Lipinski definition) is 5. The van der Waals surface area contributed by atoms with Gasteiger partial charge in [0.15, 0.2) is 5.65 Å². The summed E-state index contributed by atoms with van der Waals surface area (Å²) in [4.78, 5) is 16.5. The fourth-order valence-electron chi connectivity index (χ4n) is 4.46. The Bertz CT molecular complexity index is 1250. The zero-order valence-corrected chi connectivity index (χ0v) is 16.6. The molecule has 0 amide bonds. The lowest BCUT2D eigenvalue weighted by Crippen LogP contribution is -2.71. The minimum absolute atomic E-state index is 0.265. The molecule has 0 aliphatic carbocycles. The Hall–Kier alpha value is -3.32. The molecule has 1 spiro atoms. The first-order valence-corrected chi connectivity index (χ1v) is 10.1. The maximum absolute atomic E-state index is 13.5. The number of halogens is 1. The lowest BCUT2D eigenvalue weighted by atomic mass is 9.74. The van der Waals surface area contributed by atoms with Gasteiger partial charge in [-0.25, -0.2) is 14.4 Å². The van der Waals surface area contributed by atoms with Crippen molar-refractivity contribution < 1.29 is 4.39 Å². The van der Waals surface area contributed by atoms with Crippen LogP contribution in [0.15, 0.2) is 54.7 Å². The maximum Gasteiger partial charge on any atom is 0.167 e. The predicted molar refractivity (Wildman–Crippen MR) is 114 cm³/mol. The van der Waals surface area contributed by atoms with Crippen LogP contribution in [0, 0.1) is 18.2 Å². The van der Waals surface area contributed by atoms with Crippen molar-refractivity contribution in [2.24, 2.45) is 5.41 Å². The molecule has 3 aromatic heterocycles. The number of benzene rings is 1. The van der Waals surface area contributed by atoms with Crippen molar-refractivity contribution in [3.8, 4) is 17.1 Å². The Balaban J connectivity index is 1.51. The number of hydrogen-bond donors (Lipinski definition) is 1. The maximum atomic E-state index is 13.5. The van der Waals surface area contributed by atoms with Crippen molar-refractivity contribution in [3.05, 3.63) is 66.2 Å². The molecule has 0 bridgehead atoms. The smallest absolute Gasteiger partial charge is 0.167 e. The summed E-state index contributed by atoms with van der Waals surface area (Å²) in [5.41, 5.74) is 4.74. The number of aryl methyl sites for hydroxylation is 1. The van der Waals surface area contributed by atoms with Crippen LogP contribution in [0.4, 0.5) is 10.2 Å². The van der Waals surface area contributed by atoms with Gasteiger partial charge in [-0.05, 0) is 55.5 Å². The summed E-state index contributed by atoms with van der Waals surface area (Å²) >= 11 is 0. The molecule has 2 aliphatic heterocycles. The van der Waals surface area contributed by atoms with E-state index in [1.165, 1.54) is 12.1 Å². The van der Waals surface area contributed by atoms with Crippen LogP contribution in [0.2, 0.25) is 0 Å². The number of imidazole rings is 1. The zero-order valence-electron chi connectivity index (χ0n) is 16.6. The van der Waals surface area contributed by atoms with E-state index in [2.05, 4.69) is 15.2 Å². The van der Waals surface area contributed by atoms with Crippen molar-refractivity contribution in [3.63, 3.8) is 0 Å². The third kappa shape index (κ3) is 2.69. The molecule has 2 fully saturated rings. The van der Waals surface area contributed by atoms with Crippen molar-refractivity contribution in [2.45, 2.75) is 6.92 Å². The summed E-state index contributed by atoms with van der Waals surface area (Å²) < 4.78 is 15.6. The average Bonchev–Trinajstić information content (AvgIpc) is 3.05. The molecule has 2 saturated heterocycles. The summed E-state index contributed by atoms with van der Waals surface area (Å²) in [5.74, 6) is 1.44.